The van der Waals surface area contributed by atoms with Crippen molar-refractivity contribution >= 4 is 17.3 Å². The van der Waals surface area contributed by atoms with Crippen LogP contribution in [-0.4, -0.2) is 6.10 Å². The van der Waals surface area contributed by atoms with Crippen molar-refractivity contribution in [3.05, 3.63) is 28.8 Å². The number of ether oxygens (including phenoxy) is 1. The highest BCUT2D eigenvalue weighted by molar-refractivity contribution is 6.33. The Balaban J connectivity index is 2.55. The van der Waals surface area contributed by atoms with Crippen molar-refractivity contribution in [3.8, 4) is 0 Å². The van der Waals surface area contributed by atoms with E-state index in [0.29, 0.717) is 17.3 Å². The number of hydrogen-bond donors (Lipinski definition) is 1. The van der Waals surface area contributed by atoms with Gasteiger partial charge in [0.15, 0.2) is 0 Å². The summed E-state index contributed by atoms with van der Waals surface area (Å²) in [5.41, 5.74) is 7.34. The molecule has 1 rings (SSSR count). The number of nitrogens with two attached hydrogens (primary N) is 1. The molecule has 0 aliphatic heterocycles. The third-order valence-electron chi connectivity index (χ3n) is 2.17. The van der Waals surface area contributed by atoms with Gasteiger partial charge in [-0.05, 0) is 31.0 Å². The van der Waals surface area contributed by atoms with Gasteiger partial charge in [0.05, 0.1) is 23.4 Å². The molecule has 0 saturated carbocycles. The van der Waals surface area contributed by atoms with Crippen LogP contribution in [0.25, 0.3) is 0 Å². The lowest BCUT2D eigenvalue weighted by molar-refractivity contribution is 0.0509. The van der Waals surface area contributed by atoms with Crippen molar-refractivity contribution in [3.63, 3.8) is 0 Å². The van der Waals surface area contributed by atoms with Gasteiger partial charge in [-0.25, -0.2) is 0 Å². The van der Waals surface area contributed by atoms with E-state index >= 15 is 0 Å². The maximum Gasteiger partial charge on any atom is 0.0721 e. The van der Waals surface area contributed by atoms with Crippen LogP contribution in [0.2, 0.25) is 5.02 Å². The molecular weight excluding hydrogens is 198 g/mol. The van der Waals surface area contributed by atoms with Crippen LogP contribution < -0.4 is 5.73 Å². The van der Waals surface area contributed by atoms with Gasteiger partial charge >= 0.3 is 0 Å². The molecule has 0 amide bonds. The summed E-state index contributed by atoms with van der Waals surface area (Å²) in [6, 6.07) is 5.58. The van der Waals surface area contributed by atoms with Crippen molar-refractivity contribution in [1.82, 2.24) is 0 Å². The lowest BCUT2D eigenvalue weighted by atomic mass is 10.2. The minimum atomic E-state index is 0.284. The zero-order chi connectivity index (χ0) is 10.6. The first-order valence-corrected chi connectivity index (χ1v) is 5.16. The molecule has 14 heavy (non-hydrogen) atoms. The first-order chi connectivity index (χ1) is 6.63. The third kappa shape index (κ3) is 3.20. The molecule has 1 aromatic carbocycles. The average Bonchev–Trinajstić information content (AvgIpc) is 2.19. The summed E-state index contributed by atoms with van der Waals surface area (Å²) in [5.74, 6) is 0. The zero-order valence-electron chi connectivity index (χ0n) is 8.59. The molecule has 0 spiro atoms. The molecular formula is C11H16ClNO. The SMILES string of the molecule is CCC(C)OCc1ccc(Cl)c(N)c1. The molecule has 2 nitrogen and oxygen atoms in total. The molecule has 1 aromatic rings. The topological polar surface area (TPSA) is 35.2 Å². The predicted octanol–water partition coefficient (Wildman–Crippen LogP) is 3.24. The van der Waals surface area contributed by atoms with Gasteiger partial charge in [-0.15, -0.1) is 0 Å². The van der Waals surface area contributed by atoms with Gasteiger partial charge in [-0.3, -0.25) is 0 Å². The van der Waals surface area contributed by atoms with Crippen LogP contribution in [0.4, 0.5) is 5.69 Å². The Morgan fingerprint density at radius 1 is 1.50 bits per heavy atom. The molecule has 0 saturated heterocycles. The number of rotatable bonds is 4. The van der Waals surface area contributed by atoms with E-state index < -0.39 is 0 Å². The van der Waals surface area contributed by atoms with Crippen LogP contribution in [0.3, 0.4) is 0 Å². The molecule has 0 heterocycles. The van der Waals surface area contributed by atoms with Crippen LogP contribution in [0.15, 0.2) is 18.2 Å². The Morgan fingerprint density at radius 2 is 2.21 bits per heavy atom. The largest absolute Gasteiger partial charge is 0.398 e. The summed E-state index contributed by atoms with van der Waals surface area (Å²) in [6.45, 7) is 4.75. The second-order valence-corrected chi connectivity index (χ2v) is 3.79. The number of benzene rings is 1. The van der Waals surface area contributed by atoms with E-state index in [2.05, 4.69) is 13.8 Å². The minimum Gasteiger partial charge on any atom is -0.398 e. The summed E-state index contributed by atoms with van der Waals surface area (Å²) < 4.78 is 5.57. The molecule has 78 valence electrons. The van der Waals surface area contributed by atoms with Gasteiger partial charge in [0, 0.05) is 0 Å². The van der Waals surface area contributed by atoms with Crippen LogP contribution >= 0.6 is 11.6 Å². The number of hydrogen-bond acceptors (Lipinski definition) is 2. The smallest absolute Gasteiger partial charge is 0.0721 e. The van der Waals surface area contributed by atoms with Crippen LogP contribution in [-0.2, 0) is 11.3 Å². The molecule has 1 unspecified atom stereocenters. The monoisotopic (exact) mass is 213 g/mol. The fraction of sp³-hybridized carbons (Fsp3) is 0.455. The normalized spacial score (nSPS) is 12.8. The Morgan fingerprint density at radius 3 is 2.79 bits per heavy atom. The fourth-order valence-corrected chi connectivity index (χ4v) is 1.16. The van der Waals surface area contributed by atoms with E-state index in [1.807, 2.05) is 12.1 Å². The van der Waals surface area contributed by atoms with E-state index in [1.54, 1.807) is 6.07 Å². The highest BCUT2D eigenvalue weighted by atomic mass is 35.5. The summed E-state index contributed by atoms with van der Waals surface area (Å²) in [4.78, 5) is 0. The van der Waals surface area contributed by atoms with E-state index in [1.165, 1.54) is 0 Å². The molecule has 0 aromatic heterocycles. The summed E-state index contributed by atoms with van der Waals surface area (Å²) in [7, 11) is 0. The van der Waals surface area contributed by atoms with Gasteiger partial charge in [-0.2, -0.15) is 0 Å². The Labute approximate surface area is 90.0 Å². The van der Waals surface area contributed by atoms with Crippen molar-refractivity contribution in [2.24, 2.45) is 0 Å². The number of nitrogen functional groups attached to an aromatic ring is 1. The molecule has 0 aliphatic carbocycles. The maximum absolute atomic E-state index is 5.80. The highest BCUT2D eigenvalue weighted by Crippen LogP contribution is 2.20. The quantitative estimate of drug-likeness (QED) is 0.780. The lowest BCUT2D eigenvalue weighted by Crippen LogP contribution is -2.06. The molecule has 1 atom stereocenters. The van der Waals surface area contributed by atoms with E-state index in [-0.39, 0.29) is 6.10 Å². The van der Waals surface area contributed by atoms with Gasteiger partial charge in [0.2, 0.25) is 0 Å². The van der Waals surface area contributed by atoms with E-state index in [9.17, 15) is 0 Å². The van der Waals surface area contributed by atoms with Gasteiger partial charge in [-0.1, -0.05) is 24.6 Å². The highest BCUT2D eigenvalue weighted by Gasteiger charge is 2.01. The standard InChI is InChI=1S/C11H16ClNO/c1-3-8(2)14-7-9-4-5-10(12)11(13)6-9/h4-6,8H,3,7,13H2,1-2H3. The van der Waals surface area contributed by atoms with Gasteiger partial charge < -0.3 is 10.5 Å². The second kappa shape index (κ2) is 5.23. The van der Waals surface area contributed by atoms with Crippen LogP contribution in [0.1, 0.15) is 25.8 Å². The summed E-state index contributed by atoms with van der Waals surface area (Å²) >= 11 is 5.80. The van der Waals surface area contributed by atoms with Gasteiger partial charge in [0.25, 0.3) is 0 Å². The fourth-order valence-electron chi connectivity index (χ4n) is 1.04. The Kier molecular flexibility index (Phi) is 4.23. The van der Waals surface area contributed by atoms with Crippen molar-refractivity contribution in [1.29, 1.82) is 0 Å². The molecule has 0 aliphatic rings. The third-order valence-corrected chi connectivity index (χ3v) is 2.51. The zero-order valence-corrected chi connectivity index (χ0v) is 9.34. The molecule has 0 bridgehead atoms. The molecule has 0 fully saturated rings. The average molecular weight is 214 g/mol. The first kappa shape index (κ1) is 11.3. The van der Waals surface area contributed by atoms with Crippen molar-refractivity contribution in [2.45, 2.75) is 33.0 Å². The number of anilines is 1. The second-order valence-electron chi connectivity index (χ2n) is 3.39. The summed E-state index contributed by atoms with van der Waals surface area (Å²) in [6.07, 6.45) is 1.30. The van der Waals surface area contributed by atoms with Crippen molar-refractivity contribution < 1.29 is 4.74 Å². The lowest BCUT2D eigenvalue weighted by Gasteiger charge is -2.10. The van der Waals surface area contributed by atoms with Crippen molar-refractivity contribution in [2.75, 3.05) is 5.73 Å². The van der Waals surface area contributed by atoms with E-state index in [4.69, 9.17) is 22.1 Å². The van der Waals surface area contributed by atoms with Crippen LogP contribution in [0.5, 0.6) is 0 Å². The predicted molar refractivity (Wildman–Crippen MR) is 60.4 cm³/mol. The molecule has 3 heteroatoms. The molecule has 2 N–H and O–H groups in total. The maximum atomic E-state index is 5.80. The van der Waals surface area contributed by atoms with Gasteiger partial charge in [0.1, 0.15) is 0 Å². The number of halogens is 1. The summed E-state index contributed by atoms with van der Waals surface area (Å²) in [5, 5.41) is 0.595. The Hall–Kier alpha value is -0.730. The van der Waals surface area contributed by atoms with E-state index in [0.717, 1.165) is 12.0 Å². The Bertz CT molecular complexity index is 301. The minimum absolute atomic E-state index is 0.284. The molecule has 0 radical (unpaired) electrons. The van der Waals surface area contributed by atoms with Crippen LogP contribution in [0, 0.1) is 0 Å². The first-order valence-electron chi connectivity index (χ1n) is 4.79.